The maximum Gasteiger partial charge on any atom is 0.311 e. The van der Waals surface area contributed by atoms with Crippen molar-refractivity contribution in [1.82, 2.24) is 4.90 Å². The zero-order valence-corrected chi connectivity index (χ0v) is 16.5. The summed E-state index contributed by atoms with van der Waals surface area (Å²) in [4.78, 5) is 38.1. The van der Waals surface area contributed by atoms with Gasteiger partial charge in [0.1, 0.15) is 5.75 Å². The number of likely N-dealkylation sites (tertiary alicyclic amines) is 1. The number of ether oxygens (including phenoxy) is 2. The lowest BCUT2D eigenvalue weighted by atomic mass is 10.1. The van der Waals surface area contributed by atoms with Crippen LogP contribution in [0.15, 0.2) is 48.5 Å². The number of nitrogens with zero attached hydrogens (tertiary/aromatic N) is 1. The molecule has 0 bridgehead atoms. The molecule has 152 valence electrons. The second-order valence-electron chi connectivity index (χ2n) is 7.05. The number of hydrogen-bond acceptors (Lipinski definition) is 5. The number of carbonyl (C=O) groups excluding carboxylic acids is 3. The Labute approximate surface area is 169 Å². The highest BCUT2D eigenvalue weighted by Crippen LogP contribution is 2.22. The fourth-order valence-electron chi connectivity index (χ4n) is 3.12. The number of nitrogens with one attached hydrogen (secondary N) is 1. The molecule has 0 radical (unpaired) electrons. The fourth-order valence-corrected chi connectivity index (χ4v) is 3.12. The highest BCUT2D eigenvalue weighted by molar-refractivity contribution is 5.93. The minimum atomic E-state index is -0.554. The van der Waals surface area contributed by atoms with Gasteiger partial charge in [0.2, 0.25) is 5.91 Å². The molecule has 1 aliphatic rings. The molecule has 0 aliphatic carbocycles. The molecule has 7 nitrogen and oxygen atoms in total. The lowest BCUT2D eigenvalue weighted by Crippen LogP contribution is -2.28. The number of methoxy groups -OCH3 is 1. The van der Waals surface area contributed by atoms with Crippen LogP contribution < -0.4 is 10.1 Å². The second kappa shape index (κ2) is 9.23. The summed E-state index contributed by atoms with van der Waals surface area (Å²) in [7, 11) is 1.56. The number of aryl methyl sites for hydroxylation is 1. The van der Waals surface area contributed by atoms with E-state index in [0.717, 1.165) is 11.1 Å². The molecule has 0 spiro atoms. The van der Waals surface area contributed by atoms with Crippen molar-refractivity contribution in [2.45, 2.75) is 19.9 Å². The molecule has 3 rings (SSSR count). The Morgan fingerprint density at radius 1 is 1.10 bits per heavy atom. The summed E-state index contributed by atoms with van der Waals surface area (Å²) in [5, 5.41) is 2.64. The first-order valence-electron chi connectivity index (χ1n) is 9.38. The molecular formula is C22H24N2O5. The van der Waals surface area contributed by atoms with Crippen molar-refractivity contribution in [1.29, 1.82) is 0 Å². The number of hydrogen-bond donors (Lipinski definition) is 1. The van der Waals surface area contributed by atoms with Crippen molar-refractivity contribution in [2.75, 3.05) is 25.6 Å². The Morgan fingerprint density at radius 2 is 1.79 bits per heavy atom. The van der Waals surface area contributed by atoms with Crippen LogP contribution in [0, 0.1) is 12.8 Å². The molecular weight excluding hydrogens is 372 g/mol. The van der Waals surface area contributed by atoms with E-state index in [9.17, 15) is 14.4 Å². The van der Waals surface area contributed by atoms with Crippen molar-refractivity contribution >= 4 is 23.5 Å². The highest BCUT2D eigenvalue weighted by atomic mass is 16.5. The van der Waals surface area contributed by atoms with E-state index in [2.05, 4.69) is 5.32 Å². The van der Waals surface area contributed by atoms with Gasteiger partial charge in [-0.05, 0) is 36.8 Å². The molecule has 1 saturated heterocycles. The molecule has 1 atom stereocenters. The summed E-state index contributed by atoms with van der Waals surface area (Å²) in [5.41, 5.74) is 2.74. The van der Waals surface area contributed by atoms with Crippen molar-refractivity contribution in [3.63, 3.8) is 0 Å². The summed E-state index contributed by atoms with van der Waals surface area (Å²) >= 11 is 0. The lowest BCUT2D eigenvalue weighted by Gasteiger charge is -2.16. The molecule has 0 saturated carbocycles. The third-order valence-corrected chi connectivity index (χ3v) is 4.76. The SMILES string of the molecule is COc1ccc(NC(=O)COC(=O)[C@@H]2CC(=O)N(Cc3ccc(C)cc3)C2)cc1. The molecule has 1 fully saturated rings. The number of carbonyl (C=O) groups is 3. The number of amides is 2. The smallest absolute Gasteiger partial charge is 0.311 e. The van der Waals surface area contributed by atoms with Crippen LogP contribution >= 0.6 is 0 Å². The molecule has 1 heterocycles. The van der Waals surface area contributed by atoms with Crippen molar-refractivity contribution in [3.05, 3.63) is 59.7 Å². The summed E-state index contributed by atoms with van der Waals surface area (Å²) in [6.45, 7) is 2.36. The summed E-state index contributed by atoms with van der Waals surface area (Å²) in [6.07, 6.45) is 0.102. The monoisotopic (exact) mass is 396 g/mol. The van der Waals surface area contributed by atoms with Gasteiger partial charge in [0, 0.05) is 25.2 Å². The molecule has 0 aromatic heterocycles. The van der Waals surface area contributed by atoms with Crippen LogP contribution in [0.2, 0.25) is 0 Å². The first-order valence-corrected chi connectivity index (χ1v) is 9.38. The van der Waals surface area contributed by atoms with Crippen LogP contribution in [-0.4, -0.2) is 42.9 Å². The standard InChI is InChI=1S/C22H24N2O5/c1-15-3-5-16(6-4-15)12-24-13-17(11-21(24)26)22(27)29-14-20(25)23-18-7-9-19(28-2)10-8-18/h3-10,17H,11-14H2,1-2H3,(H,23,25)/t17-/m1/s1. The van der Waals surface area contributed by atoms with Gasteiger partial charge in [-0.1, -0.05) is 29.8 Å². The largest absolute Gasteiger partial charge is 0.497 e. The van der Waals surface area contributed by atoms with E-state index in [4.69, 9.17) is 9.47 Å². The lowest BCUT2D eigenvalue weighted by molar-refractivity contribution is -0.151. The molecule has 0 unspecified atom stereocenters. The average Bonchev–Trinajstić information content (AvgIpc) is 3.09. The van der Waals surface area contributed by atoms with E-state index in [0.29, 0.717) is 24.5 Å². The summed E-state index contributed by atoms with van der Waals surface area (Å²) in [5.74, 6) is -0.938. The quantitative estimate of drug-likeness (QED) is 0.727. The van der Waals surface area contributed by atoms with E-state index < -0.39 is 24.4 Å². The topological polar surface area (TPSA) is 84.9 Å². The Balaban J connectivity index is 1.45. The van der Waals surface area contributed by atoms with Crippen molar-refractivity contribution < 1.29 is 23.9 Å². The van der Waals surface area contributed by atoms with Gasteiger partial charge in [-0.15, -0.1) is 0 Å². The van der Waals surface area contributed by atoms with Gasteiger partial charge < -0.3 is 19.7 Å². The maximum atomic E-state index is 12.3. The van der Waals surface area contributed by atoms with E-state index >= 15 is 0 Å². The Bertz CT molecular complexity index is 877. The van der Waals surface area contributed by atoms with E-state index in [1.54, 1.807) is 36.3 Å². The Morgan fingerprint density at radius 3 is 2.45 bits per heavy atom. The third-order valence-electron chi connectivity index (χ3n) is 4.76. The molecule has 7 heteroatoms. The van der Waals surface area contributed by atoms with Crippen LogP contribution in [0.5, 0.6) is 5.75 Å². The average molecular weight is 396 g/mol. The van der Waals surface area contributed by atoms with Crippen molar-refractivity contribution in [3.8, 4) is 5.75 Å². The minimum absolute atomic E-state index is 0.0878. The predicted molar refractivity (Wildman–Crippen MR) is 107 cm³/mol. The number of esters is 1. The molecule has 1 N–H and O–H groups in total. The zero-order valence-electron chi connectivity index (χ0n) is 16.5. The van der Waals surface area contributed by atoms with Gasteiger partial charge in [-0.3, -0.25) is 14.4 Å². The van der Waals surface area contributed by atoms with E-state index in [1.807, 2.05) is 31.2 Å². The predicted octanol–water partition coefficient (Wildman–Crippen LogP) is 2.53. The van der Waals surface area contributed by atoms with Crippen molar-refractivity contribution in [2.24, 2.45) is 5.92 Å². The maximum absolute atomic E-state index is 12.3. The van der Waals surface area contributed by atoms with Gasteiger partial charge in [0.15, 0.2) is 6.61 Å². The Hall–Kier alpha value is -3.35. The first kappa shape index (κ1) is 20.4. The number of anilines is 1. The van der Waals surface area contributed by atoms with Crippen LogP contribution in [-0.2, 0) is 25.7 Å². The third kappa shape index (κ3) is 5.57. The van der Waals surface area contributed by atoms with Crippen LogP contribution in [0.3, 0.4) is 0 Å². The summed E-state index contributed by atoms with van der Waals surface area (Å²) < 4.78 is 10.2. The van der Waals surface area contributed by atoms with Gasteiger partial charge >= 0.3 is 5.97 Å². The molecule has 2 aromatic carbocycles. The number of benzene rings is 2. The van der Waals surface area contributed by atoms with Crippen LogP contribution in [0.1, 0.15) is 17.5 Å². The zero-order chi connectivity index (χ0) is 20.8. The molecule has 1 aliphatic heterocycles. The van der Waals surface area contributed by atoms with Crippen LogP contribution in [0.25, 0.3) is 0 Å². The fraction of sp³-hybridized carbons (Fsp3) is 0.318. The first-order chi connectivity index (χ1) is 13.9. The minimum Gasteiger partial charge on any atom is -0.497 e. The highest BCUT2D eigenvalue weighted by Gasteiger charge is 2.35. The Kier molecular flexibility index (Phi) is 6.49. The second-order valence-corrected chi connectivity index (χ2v) is 7.05. The number of rotatable bonds is 7. The molecule has 2 aromatic rings. The normalized spacial score (nSPS) is 15.9. The van der Waals surface area contributed by atoms with Crippen LogP contribution in [0.4, 0.5) is 5.69 Å². The van der Waals surface area contributed by atoms with E-state index in [1.165, 1.54) is 0 Å². The molecule has 29 heavy (non-hydrogen) atoms. The van der Waals surface area contributed by atoms with Gasteiger partial charge in [-0.2, -0.15) is 0 Å². The molecule has 2 amide bonds. The van der Waals surface area contributed by atoms with Gasteiger partial charge in [0.05, 0.1) is 13.0 Å². The summed E-state index contributed by atoms with van der Waals surface area (Å²) in [6, 6.07) is 14.7. The van der Waals surface area contributed by atoms with Gasteiger partial charge in [0.25, 0.3) is 5.91 Å². The van der Waals surface area contributed by atoms with Gasteiger partial charge in [-0.25, -0.2) is 0 Å². The van der Waals surface area contributed by atoms with E-state index in [-0.39, 0.29) is 12.3 Å².